The number of rotatable bonds is 8. The Bertz CT molecular complexity index is 435. The first kappa shape index (κ1) is 16.2. The van der Waals surface area contributed by atoms with E-state index in [9.17, 15) is 4.79 Å². The molecule has 0 aromatic carbocycles. The lowest BCUT2D eigenvalue weighted by Gasteiger charge is -2.12. The number of hydrogen-bond acceptors (Lipinski definition) is 6. The molecule has 0 aliphatic rings. The quantitative estimate of drug-likeness (QED) is 0.712. The van der Waals surface area contributed by atoms with Crippen LogP contribution in [0.5, 0.6) is 0 Å². The number of anilines is 2. The molecule has 0 spiro atoms. The van der Waals surface area contributed by atoms with Crippen molar-refractivity contribution >= 4 is 17.6 Å². The Hall–Kier alpha value is -1.85. The first-order chi connectivity index (χ1) is 9.56. The number of ether oxygens (including phenoxy) is 1. The van der Waals surface area contributed by atoms with Crippen molar-refractivity contribution in [2.24, 2.45) is 0 Å². The standard InChI is InChI=1S/C14H24N4O2/c1-5-7-15-11-9-12(16-8-6-13(19)20-4)18-14(17-11)10(2)3/h9-10H,5-8H2,1-4H3,(H2,15,16,17,18). The van der Waals surface area contributed by atoms with Crippen molar-refractivity contribution in [1.82, 2.24) is 9.97 Å². The number of nitrogens with one attached hydrogen (secondary N) is 2. The van der Waals surface area contributed by atoms with Crippen molar-refractivity contribution in [2.75, 3.05) is 30.8 Å². The zero-order chi connectivity index (χ0) is 15.0. The summed E-state index contributed by atoms with van der Waals surface area (Å²) in [6, 6.07) is 1.86. The third kappa shape index (κ3) is 5.42. The smallest absolute Gasteiger partial charge is 0.307 e. The summed E-state index contributed by atoms with van der Waals surface area (Å²) in [5.41, 5.74) is 0. The molecule has 1 rings (SSSR count). The molecule has 0 bridgehead atoms. The number of methoxy groups -OCH3 is 1. The van der Waals surface area contributed by atoms with Gasteiger partial charge in [-0.2, -0.15) is 0 Å². The third-order valence-electron chi connectivity index (χ3n) is 2.68. The molecule has 0 saturated carbocycles. The summed E-state index contributed by atoms with van der Waals surface area (Å²) in [7, 11) is 1.39. The molecule has 0 amide bonds. The van der Waals surface area contributed by atoms with Crippen molar-refractivity contribution in [1.29, 1.82) is 0 Å². The average molecular weight is 280 g/mol. The van der Waals surface area contributed by atoms with Gasteiger partial charge in [0, 0.05) is 25.1 Å². The lowest BCUT2D eigenvalue weighted by molar-refractivity contribution is -0.140. The van der Waals surface area contributed by atoms with E-state index in [1.165, 1.54) is 7.11 Å². The highest BCUT2D eigenvalue weighted by Gasteiger charge is 2.08. The van der Waals surface area contributed by atoms with E-state index in [1.807, 2.05) is 6.07 Å². The van der Waals surface area contributed by atoms with Gasteiger partial charge < -0.3 is 15.4 Å². The molecule has 0 aliphatic carbocycles. The van der Waals surface area contributed by atoms with Crippen LogP contribution in [0.3, 0.4) is 0 Å². The number of carbonyl (C=O) groups is 1. The fraction of sp³-hybridized carbons (Fsp3) is 0.643. The van der Waals surface area contributed by atoms with E-state index in [-0.39, 0.29) is 11.9 Å². The maximum Gasteiger partial charge on any atom is 0.307 e. The topological polar surface area (TPSA) is 76.1 Å². The molecule has 0 atom stereocenters. The first-order valence-electron chi connectivity index (χ1n) is 7.00. The minimum Gasteiger partial charge on any atom is -0.469 e. The van der Waals surface area contributed by atoms with E-state index >= 15 is 0 Å². The Kier molecular flexibility index (Phi) is 6.76. The normalized spacial score (nSPS) is 10.4. The number of esters is 1. The summed E-state index contributed by atoms with van der Waals surface area (Å²) in [6.45, 7) is 7.58. The highest BCUT2D eigenvalue weighted by atomic mass is 16.5. The van der Waals surface area contributed by atoms with Crippen molar-refractivity contribution in [3.8, 4) is 0 Å². The van der Waals surface area contributed by atoms with Crippen LogP contribution in [0.1, 0.15) is 45.4 Å². The van der Waals surface area contributed by atoms with Crippen molar-refractivity contribution in [3.05, 3.63) is 11.9 Å². The second kappa shape index (κ2) is 8.35. The van der Waals surface area contributed by atoms with Crippen molar-refractivity contribution < 1.29 is 9.53 Å². The molecule has 2 N–H and O–H groups in total. The molecule has 112 valence electrons. The summed E-state index contributed by atoms with van der Waals surface area (Å²) in [4.78, 5) is 20.0. The molecular weight excluding hydrogens is 256 g/mol. The molecule has 20 heavy (non-hydrogen) atoms. The van der Waals surface area contributed by atoms with Gasteiger partial charge in [-0.25, -0.2) is 9.97 Å². The third-order valence-corrected chi connectivity index (χ3v) is 2.68. The summed E-state index contributed by atoms with van der Waals surface area (Å²) in [6.07, 6.45) is 1.35. The minimum absolute atomic E-state index is 0.236. The van der Waals surface area contributed by atoms with Gasteiger partial charge >= 0.3 is 5.97 Å². The van der Waals surface area contributed by atoms with Crippen LogP contribution in [0, 0.1) is 0 Å². The molecule has 0 radical (unpaired) electrons. The van der Waals surface area contributed by atoms with Gasteiger partial charge in [-0.3, -0.25) is 4.79 Å². The van der Waals surface area contributed by atoms with E-state index in [0.29, 0.717) is 13.0 Å². The van der Waals surface area contributed by atoms with Gasteiger partial charge in [-0.1, -0.05) is 20.8 Å². The Labute approximate surface area is 120 Å². The summed E-state index contributed by atoms with van der Waals surface area (Å²) in [5, 5.41) is 6.39. The van der Waals surface area contributed by atoms with Gasteiger partial charge in [0.05, 0.1) is 13.5 Å². The highest BCUT2D eigenvalue weighted by molar-refractivity contribution is 5.69. The molecule has 1 heterocycles. The molecule has 0 fully saturated rings. The number of nitrogens with zero attached hydrogens (tertiary/aromatic N) is 2. The lowest BCUT2D eigenvalue weighted by Crippen LogP contribution is -2.13. The number of aromatic nitrogens is 2. The van der Waals surface area contributed by atoms with E-state index < -0.39 is 0 Å². The van der Waals surface area contributed by atoms with Crippen molar-refractivity contribution in [2.45, 2.75) is 39.5 Å². The largest absolute Gasteiger partial charge is 0.469 e. The van der Waals surface area contributed by atoms with Crippen LogP contribution in [0.15, 0.2) is 6.07 Å². The molecule has 1 aromatic rings. The van der Waals surface area contributed by atoms with E-state index in [1.54, 1.807) is 0 Å². The fourth-order valence-corrected chi connectivity index (χ4v) is 1.55. The number of hydrogen-bond donors (Lipinski definition) is 2. The van der Waals surface area contributed by atoms with Crippen LogP contribution >= 0.6 is 0 Å². The zero-order valence-electron chi connectivity index (χ0n) is 12.7. The first-order valence-corrected chi connectivity index (χ1v) is 7.00. The van der Waals surface area contributed by atoms with Gasteiger partial charge in [-0.05, 0) is 6.42 Å². The SMILES string of the molecule is CCCNc1cc(NCCC(=O)OC)nc(C(C)C)n1. The lowest BCUT2D eigenvalue weighted by atomic mass is 10.2. The van der Waals surface area contributed by atoms with Crippen LogP contribution < -0.4 is 10.6 Å². The van der Waals surface area contributed by atoms with Crippen LogP contribution in [0.4, 0.5) is 11.6 Å². The Morgan fingerprint density at radius 1 is 1.25 bits per heavy atom. The van der Waals surface area contributed by atoms with Crippen molar-refractivity contribution in [3.63, 3.8) is 0 Å². The molecule has 6 nitrogen and oxygen atoms in total. The van der Waals surface area contributed by atoms with Crippen LogP contribution in [-0.2, 0) is 9.53 Å². The maximum absolute atomic E-state index is 11.1. The monoisotopic (exact) mass is 280 g/mol. The molecule has 0 unspecified atom stereocenters. The molecule has 6 heteroatoms. The predicted octanol–water partition coefficient (Wildman–Crippen LogP) is 2.40. The van der Waals surface area contributed by atoms with Gasteiger partial charge in [0.15, 0.2) is 0 Å². The van der Waals surface area contributed by atoms with Gasteiger partial charge in [-0.15, -0.1) is 0 Å². The highest BCUT2D eigenvalue weighted by Crippen LogP contribution is 2.17. The van der Waals surface area contributed by atoms with E-state index in [4.69, 9.17) is 0 Å². The van der Waals surface area contributed by atoms with Gasteiger partial charge in [0.1, 0.15) is 17.5 Å². The average Bonchev–Trinajstić information content (AvgIpc) is 2.44. The van der Waals surface area contributed by atoms with Crippen LogP contribution in [0.25, 0.3) is 0 Å². The Balaban J connectivity index is 2.72. The van der Waals surface area contributed by atoms with E-state index in [2.05, 4.69) is 46.1 Å². The minimum atomic E-state index is -0.236. The summed E-state index contributed by atoms with van der Waals surface area (Å²) in [5.74, 6) is 2.34. The number of carbonyl (C=O) groups excluding carboxylic acids is 1. The van der Waals surface area contributed by atoms with E-state index in [0.717, 1.165) is 30.4 Å². The predicted molar refractivity (Wildman–Crippen MR) is 80.0 cm³/mol. The molecule has 0 saturated heterocycles. The Morgan fingerprint density at radius 3 is 2.35 bits per heavy atom. The Morgan fingerprint density at radius 2 is 1.85 bits per heavy atom. The second-order valence-electron chi connectivity index (χ2n) is 4.83. The fourth-order valence-electron chi connectivity index (χ4n) is 1.55. The van der Waals surface area contributed by atoms with Gasteiger partial charge in [0.25, 0.3) is 0 Å². The summed E-state index contributed by atoms with van der Waals surface area (Å²) < 4.78 is 4.60. The van der Waals surface area contributed by atoms with Gasteiger partial charge in [0.2, 0.25) is 0 Å². The second-order valence-corrected chi connectivity index (χ2v) is 4.83. The maximum atomic E-state index is 11.1. The molecule has 1 aromatic heterocycles. The summed E-state index contributed by atoms with van der Waals surface area (Å²) >= 11 is 0. The molecular formula is C14H24N4O2. The zero-order valence-corrected chi connectivity index (χ0v) is 12.7. The molecule has 0 aliphatic heterocycles. The van der Waals surface area contributed by atoms with Crippen LogP contribution in [-0.4, -0.2) is 36.1 Å². The van der Waals surface area contributed by atoms with Crippen LogP contribution in [0.2, 0.25) is 0 Å².